The van der Waals surface area contributed by atoms with E-state index in [-0.39, 0.29) is 17.5 Å². The number of H-pyrrole nitrogens is 1. The first-order valence-electron chi connectivity index (χ1n) is 13.8. The summed E-state index contributed by atoms with van der Waals surface area (Å²) >= 11 is 6.58. The number of nitrogens with one attached hydrogen (secondary N) is 4. The first-order valence-corrected chi connectivity index (χ1v) is 14.1. The van der Waals surface area contributed by atoms with Crippen LogP contribution in [0, 0.1) is 13.8 Å². The van der Waals surface area contributed by atoms with Crippen LogP contribution in [0.5, 0.6) is 5.75 Å². The molecule has 8 heteroatoms. The van der Waals surface area contributed by atoms with Gasteiger partial charge in [0.15, 0.2) is 0 Å². The summed E-state index contributed by atoms with van der Waals surface area (Å²) in [6, 6.07) is 9.93. The van der Waals surface area contributed by atoms with Gasteiger partial charge in [-0.05, 0) is 94.4 Å². The van der Waals surface area contributed by atoms with Crippen molar-refractivity contribution >= 4 is 28.4 Å². The van der Waals surface area contributed by atoms with Crippen molar-refractivity contribution in [3.05, 3.63) is 62.4 Å². The molecule has 1 aromatic heterocycles. The van der Waals surface area contributed by atoms with Crippen LogP contribution >= 0.6 is 11.6 Å². The number of amides is 1. The van der Waals surface area contributed by atoms with E-state index in [9.17, 15) is 9.59 Å². The smallest absolute Gasteiger partial charge is 0.260 e. The van der Waals surface area contributed by atoms with Gasteiger partial charge in [-0.25, -0.2) is 0 Å². The zero-order valence-corrected chi connectivity index (χ0v) is 23.0. The lowest BCUT2D eigenvalue weighted by Crippen LogP contribution is -2.42. The zero-order chi connectivity index (χ0) is 26.6. The number of fused-ring (bicyclic) bond motifs is 1. The minimum Gasteiger partial charge on any atom is -0.492 e. The van der Waals surface area contributed by atoms with Gasteiger partial charge in [-0.15, -0.1) is 0 Å². The van der Waals surface area contributed by atoms with Crippen molar-refractivity contribution in [3.63, 3.8) is 0 Å². The molecule has 38 heavy (non-hydrogen) atoms. The van der Waals surface area contributed by atoms with E-state index in [0.717, 1.165) is 62.0 Å². The molecule has 0 spiro atoms. The highest BCUT2D eigenvalue weighted by Crippen LogP contribution is 2.36. The maximum absolute atomic E-state index is 13.4. The number of aromatic amines is 1. The molecule has 2 aromatic carbocycles. The number of rotatable bonds is 7. The van der Waals surface area contributed by atoms with Crippen molar-refractivity contribution in [3.8, 4) is 16.9 Å². The highest BCUT2D eigenvalue weighted by Gasteiger charge is 2.23. The number of halogens is 1. The molecule has 3 aromatic rings. The van der Waals surface area contributed by atoms with Crippen molar-refractivity contribution in [1.29, 1.82) is 0 Å². The van der Waals surface area contributed by atoms with Gasteiger partial charge in [0.05, 0.1) is 28.3 Å². The number of carbonyl (C=O) groups excluding carboxylic acids is 1. The molecule has 1 amide bonds. The number of benzene rings is 2. The van der Waals surface area contributed by atoms with Crippen LogP contribution in [0.25, 0.3) is 22.0 Å². The fraction of sp³-hybridized carbons (Fsp3) is 0.467. The van der Waals surface area contributed by atoms with Gasteiger partial charge in [0.1, 0.15) is 5.75 Å². The molecule has 0 aliphatic carbocycles. The summed E-state index contributed by atoms with van der Waals surface area (Å²) in [5.74, 6) is 0.287. The molecule has 0 unspecified atom stereocenters. The van der Waals surface area contributed by atoms with Crippen molar-refractivity contribution < 1.29 is 9.53 Å². The lowest BCUT2D eigenvalue weighted by molar-refractivity contribution is 0.0930. The van der Waals surface area contributed by atoms with Crippen LogP contribution in [0.4, 0.5) is 0 Å². The maximum atomic E-state index is 13.4. The second-order valence-corrected chi connectivity index (χ2v) is 11.0. The summed E-state index contributed by atoms with van der Waals surface area (Å²) in [5.41, 5.74) is 4.21. The minimum atomic E-state index is -0.241. The van der Waals surface area contributed by atoms with E-state index in [1.165, 1.54) is 12.8 Å². The normalized spacial score (nSPS) is 18.4. The molecule has 2 saturated heterocycles. The van der Waals surface area contributed by atoms with Crippen LogP contribution in [0.3, 0.4) is 0 Å². The third kappa shape index (κ3) is 5.90. The lowest BCUT2D eigenvalue weighted by Gasteiger charge is -2.24. The van der Waals surface area contributed by atoms with Gasteiger partial charge in [-0.2, -0.15) is 0 Å². The average molecular weight is 537 g/mol. The molecular weight excluding hydrogens is 500 g/mol. The van der Waals surface area contributed by atoms with Crippen LogP contribution in [0.15, 0.2) is 35.1 Å². The Hall–Kier alpha value is -2.87. The van der Waals surface area contributed by atoms with E-state index in [2.05, 4.69) is 20.9 Å². The number of aryl methyl sites for hydroxylation is 2. The molecular formula is C30H37ClN4O3. The van der Waals surface area contributed by atoms with Gasteiger partial charge in [0, 0.05) is 17.5 Å². The van der Waals surface area contributed by atoms with Gasteiger partial charge in [-0.1, -0.05) is 36.2 Å². The Morgan fingerprint density at radius 1 is 1.05 bits per heavy atom. The number of aromatic nitrogens is 1. The molecule has 2 aliphatic heterocycles. The Kier molecular flexibility index (Phi) is 8.36. The fourth-order valence-electron chi connectivity index (χ4n) is 5.47. The number of piperidine rings is 2. The first kappa shape index (κ1) is 26.7. The Morgan fingerprint density at radius 2 is 1.87 bits per heavy atom. The van der Waals surface area contributed by atoms with E-state index < -0.39 is 0 Å². The molecule has 7 nitrogen and oxygen atoms in total. The summed E-state index contributed by atoms with van der Waals surface area (Å²) in [7, 11) is 0. The van der Waals surface area contributed by atoms with E-state index >= 15 is 0 Å². The van der Waals surface area contributed by atoms with Crippen LogP contribution < -0.4 is 26.2 Å². The molecule has 0 saturated carbocycles. The van der Waals surface area contributed by atoms with Gasteiger partial charge < -0.3 is 25.7 Å². The summed E-state index contributed by atoms with van der Waals surface area (Å²) < 4.78 is 6.44. The van der Waals surface area contributed by atoms with Gasteiger partial charge in [0.2, 0.25) is 0 Å². The first-order chi connectivity index (χ1) is 18.4. The fourth-order valence-corrected chi connectivity index (χ4v) is 5.72. The van der Waals surface area contributed by atoms with Crippen molar-refractivity contribution in [2.75, 3.05) is 26.2 Å². The summed E-state index contributed by atoms with van der Waals surface area (Å²) in [5, 5.41) is 11.0. The third-order valence-corrected chi connectivity index (χ3v) is 8.21. The third-order valence-electron chi connectivity index (χ3n) is 7.89. The largest absolute Gasteiger partial charge is 0.492 e. The summed E-state index contributed by atoms with van der Waals surface area (Å²) in [4.78, 5) is 29.7. The Morgan fingerprint density at radius 3 is 2.61 bits per heavy atom. The number of carbonyl (C=O) groups is 1. The SMILES string of the molecule is Cc1ccc(-c2c(OCC[C@@H]3CCCCN3)c3cc(C(=O)NC4CCNCC4)c(Cl)cc3[nH]c2=O)cc1C. The standard InChI is InChI=1S/C30H37ClN4O3/c1-18-6-7-20(15-19(18)2)27-28(38-14-10-21-5-3-4-11-33-21)24-16-23(25(31)17-26(24)35-30(27)37)29(36)34-22-8-12-32-13-9-22/h6-7,15-17,21-22,32-33H,3-5,8-14H2,1-2H3,(H,34,36)(H,35,37)/t21-/m0/s1. The molecule has 2 aliphatic rings. The number of pyridine rings is 1. The Labute approximate surface area is 228 Å². The molecule has 3 heterocycles. The van der Waals surface area contributed by atoms with E-state index in [0.29, 0.717) is 45.5 Å². The van der Waals surface area contributed by atoms with Gasteiger partial charge >= 0.3 is 0 Å². The van der Waals surface area contributed by atoms with Crippen LogP contribution in [-0.4, -0.2) is 49.2 Å². The number of ether oxygens (including phenoxy) is 1. The molecule has 202 valence electrons. The minimum absolute atomic E-state index is 0.107. The van der Waals surface area contributed by atoms with Gasteiger partial charge in [-0.3, -0.25) is 9.59 Å². The molecule has 0 radical (unpaired) electrons. The van der Waals surface area contributed by atoms with Crippen LogP contribution in [0.2, 0.25) is 5.02 Å². The van der Waals surface area contributed by atoms with E-state index in [1.807, 2.05) is 32.0 Å². The lowest BCUT2D eigenvalue weighted by atomic mass is 9.98. The van der Waals surface area contributed by atoms with Crippen molar-refractivity contribution in [1.82, 2.24) is 20.9 Å². The quantitative estimate of drug-likeness (QED) is 0.346. The van der Waals surface area contributed by atoms with Gasteiger partial charge in [0.25, 0.3) is 11.5 Å². The molecule has 1 atom stereocenters. The predicted molar refractivity (Wildman–Crippen MR) is 154 cm³/mol. The van der Waals surface area contributed by atoms with E-state index in [1.54, 1.807) is 12.1 Å². The van der Waals surface area contributed by atoms with Crippen LogP contribution in [0.1, 0.15) is 60.0 Å². The highest BCUT2D eigenvalue weighted by molar-refractivity contribution is 6.34. The average Bonchev–Trinajstić information content (AvgIpc) is 2.91. The number of hydrogen-bond acceptors (Lipinski definition) is 5. The predicted octanol–water partition coefficient (Wildman–Crippen LogP) is 4.86. The second kappa shape index (κ2) is 11.9. The monoisotopic (exact) mass is 536 g/mol. The summed E-state index contributed by atoms with van der Waals surface area (Å²) in [6.07, 6.45) is 6.15. The van der Waals surface area contributed by atoms with Crippen molar-refractivity contribution in [2.24, 2.45) is 0 Å². The topological polar surface area (TPSA) is 95.2 Å². The Balaban J connectivity index is 1.55. The zero-order valence-electron chi connectivity index (χ0n) is 22.2. The van der Waals surface area contributed by atoms with E-state index in [4.69, 9.17) is 16.3 Å². The molecule has 5 rings (SSSR count). The molecule has 4 N–H and O–H groups in total. The summed E-state index contributed by atoms with van der Waals surface area (Å²) in [6.45, 7) is 7.34. The van der Waals surface area contributed by atoms with Crippen molar-refractivity contribution in [2.45, 2.75) is 64.5 Å². The van der Waals surface area contributed by atoms with Crippen LogP contribution in [-0.2, 0) is 0 Å². The maximum Gasteiger partial charge on any atom is 0.260 e. The highest BCUT2D eigenvalue weighted by atomic mass is 35.5. The molecule has 0 bridgehead atoms. The second-order valence-electron chi connectivity index (χ2n) is 10.6. The Bertz CT molecular complexity index is 1370. The molecule has 2 fully saturated rings. The number of hydrogen-bond donors (Lipinski definition) is 4.